The molecule has 1 rings (SSSR count). The summed E-state index contributed by atoms with van der Waals surface area (Å²) < 4.78 is 0. The van der Waals surface area contributed by atoms with Crippen LogP contribution in [-0.2, 0) is 4.79 Å². The van der Waals surface area contributed by atoms with Crippen LogP contribution in [0.3, 0.4) is 0 Å². The first-order valence-electron chi connectivity index (χ1n) is 6.40. The Labute approximate surface area is 114 Å². The van der Waals surface area contributed by atoms with Crippen LogP contribution in [0.4, 0.5) is 11.4 Å². The first-order chi connectivity index (χ1) is 8.56. The Kier molecular flexibility index (Phi) is 5.99. The molecule has 0 bridgehead atoms. The Morgan fingerprint density at radius 2 is 2.11 bits per heavy atom. The Morgan fingerprint density at radius 3 is 2.61 bits per heavy atom. The maximum Gasteiger partial charge on any atom is 0.221 e. The van der Waals surface area contributed by atoms with Crippen molar-refractivity contribution >= 4 is 28.9 Å². The number of hydrogen-bond donors (Lipinski definition) is 2. The smallest absolute Gasteiger partial charge is 0.221 e. The Balaban J connectivity index is 2.74. The minimum atomic E-state index is -0.116. The molecule has 2 N–H and O–H groups in total. The molecule has 0 spiro atoms. The molecule has 18 heavy (non-hydrogen) atoms. The van der Waals surface area contributed by atoms with E-state index in [4.69, 9.17) is 11.6 Å². The number of anilines is 2. The lowest BCUT2D eigenvalue weighted by molar-refractivity contribution is -0.114. The van der Waals surface area contributed by atoms with Crippen molar-refractivity contribution in [3.63, 3.8) is 0 Å². The molecule has 0 radical (unpaired) electrons. The van der Waals surface area contributed by atoms with Crippen LogP contribution in [0.5, 0.6) is 0 Å². The number of halogens is 1. The number of amides is 1. The molecule has 0 saturated heterocycles. The second-order valence-electron chi connectivity index (χ2n) is 4.41. The van der Waals surface area contributed by atoms with Gasteiger partial charge in [0, 0.05) is 18.7 Å². The molecule has 1 amide bonds. The number of rotatable bonds is 6. The molecular weight excluding hydrogens is 248 g/mol. The highest BCUT2D eigenvalue weighted by Gasteiger charge is 2.07. The fraction of sp³-hybridized carbons (Fsp3) is 0.500. The van der Waals surface area contributed by atoms with Crippen molar-refractivity contribution in [2.75, 3.05) is 10.6 Å². The van der Waals surface area contributed by atoms with Gasteiger partial charge >= 0.3 is 0 Å². The van der Waals surface area contributed by atoms with Gasteiger partial charge in [0.2, 0.25) is 5.91 Å². The van der Waals surface area contributed by atoms with Gasteiger partial charge in [-0.15, -0.1) is 0 Å². The van der Waals surface area contributed by atoms with E-state index in [0.717, 1.165) is 24.9 Å². The molecule has 1 aromatic rings. The molecule has 1 aromatic carbocycles. The van der Waals surface area contributed by atoms with Crippen molar-refractivity contribution in [1.29, 1.82) is 0 Å². The van der Waals surface area contributed by atoms with Gasteiger partial charge in [0.05, 0.1) is 10.7 Å². The van der Waals surface area contributed by atoms with Gasteiger partial charge in [-0.2, -0.15) is 0 Å². The van der Waals surface area contributed by atoms with E-state index < -0.39 is 0 Å². The summed E-state index contributed by atoms with van der Waals surface area (Å²) in [4.78, 5) is 11.0. The van der Waals surface area contributed by atoms with Crippen LogP contribution < -0.4 is 10.6 Å². The lowest BCUT2D eigenvalue weighted by Gasteiger charge is -2.18. The van der Waals surface area contributed by atoms with Gasteiger partial charge in [0.15, 0.2) is 0 Å². The van der Waals surface area contributed by atoms with Crippen LogP contribution in [-0.4, -0.2) is 11.9 Å². The Bertz CT molecular complexity index is 407. The molecule has 100 valence electrons. The SMILES string of the molecule is CCCC(CC)Nc1ccc(NC(C)=O)c(Cl)c1. The van der Waals surface area contributed by atoms with E-state index in [-0.39, 0.29) is 5.91 Å². The zero-order valence-electron chi connectivity index (χ0n) is 11.2. The van der Waals surface area contributed by atoms with Gasteiger partial charge in [-0.3, -0.25) is 4.79 Å². The number of carbonyl (C=O) groups is 1. The number of benzene rings is 1. The summed E-state index contributed by atoms with van der Waals surface area (Å²) in [6, 6.07) is 6.09. The molecule has 0 aliphatic heterocycles. The van der Waals surface area contributed by atoms with Crippen LogP contribution in [0.1, 0.15) is 40.0 Å². The van der Waals surface area contributed by atoms with Crippen LogP contribution in [0, 0.1) is 0 Å². The van der Waals surface area contributed by atoms with Gasteiger partial charge in [0.1, 0.15) is 0 Å². The predicted octanol–water partition coefficient (Wildman–Crippen LogP) is 4.29. The van der Waals surface area contributed by atoms with Crippen molar-refractivity contribution < 1.29 is 4.79 Å². The van der Waals surface area contributed by atoms with E-state index in [0.29, 0.717) is 16.8 Å². The molecule has 0 aromatic heterocycles. The number of carbonyl (C=O) groups excluding carboxylic acids is 1. The molecular formula is C14H21ClN2O. The monoisotopic (exact) mass is 268 g/mol. The largest absolute Gasteiger partial charge is 0.382 e. The zero-order chi connectivity index (χ0) is 13.5. The van der Waals surface area contributed by atoms with Crippen molar-refractivity contribution in [3.8, 4) is 0 Å². The maximum absolute atomic E-state index is 11.0. The molecule has 0 aliphatic carbocycles. The first kappa shape index (κ1) is 14.8. The maximum atomic E-state index is 11.0. The van der Waals surface area contributed by atoms with Gasteiger partial charge in [-0.05, 0) is 31.0 Å². The van der Waals surface area contributed by atoms with E-state index in [1.165, 1.54) is 6.92 Å². The standard InChI is InChI=1S/C14H21ClN2O/c1-4-6-11(5-2)17-12-7-8-14(13(15)9-12)16-10(3)18/h7-9,11,17H,4-6H2,1-3H3,(H,16,18). The number of nitrogens with one attached hydrogen (secondary N) is 2. The molecule has 0 heterocycles. The third-order valence-corrected chi connectivity index (χ3v) is 3.09. The predicted molar refractivity (Wildman–Crippen MR) is 78.4 cm³/mol. The third-order valence-electron chi connectivity index (χ3n) is 2.78. The summed E-state index contributed by atoms with van der Waals surface area (Å²) in [5.41, 5.74) is 1.65. The summed E-state index contributed by atoms with van der Waals surface area (Å²) in [5, 5.41) is 6.70. The fourth-order valence-electron chi connectivity index (χ4n) is 1.86. The fourth-order valence-corrected chi connectivity index (χ4v) is 2.09. The Hall–Kier alpha value is -1.22. The topological polar surface area (TPSA) is 41.1 Å². The van der Waals surface area contributed by atoms with E-state index in [2.05, 4.69) is 24.5 Å². The number of hydrogen-bond acceptors (Lipinski definition) is 2. The van der Waals surface area contributed by atoms with Crippen molar-refractivity contribution in [1.82, 2.24) is 0 Å². The molecule has 4 heteroatoms. The molecule has 3 nitrogen and oxygen atoms in total. The van der Waals surface area contributed by atoms with Crippen molar-refractivity contribution in [2.24, 2.45) is 0 Å². The highest BCUT2D eigenvalue weighted by Crippen LogP contribution is 2.26. The minimum absolute atomic E-state index is 0.116. The van der Waals surface area contributed by atoms with E-state index in [1.54, 1.807) is 0 Å². The molecule has 0 fully saturated rings. The van der Waals surface area contributed by atoms with E-state index >= 15 is 0 Å². The van der Waals surface area contributed by atoms with Crippen LogP contribution in [0.15, 0.2) is 18.2 Å². The third kappa shape index (κ3) is 4.57. The minimum Gasteiger partial charge on any atom is -0.382 e. The molecule has 1 atom stereocenters. The van der Waals surface area contributed by atoms with Crippen LogP contribution in [0.25, 0.3) is 0 Å². The quantitative estimate of drug-likeness (QED) is 0.808. The summed E-state index contributed by atoms with van der Waals surface area (Å²) >= 11 is 6.12. The lowest BCUT2D eigenvalue weighted by atomic mass is 10.1. The molecule has 0 aliphatic rings. The van der Waals surface area contributed by atoms with Crippen molar-refractivity contribution in [3.05, 3.63) is 23.2 Å². The van der Waals surface area contributed by atoms with Crippen molar-refractivity contribution in [2.45, 2.75) is 46.1 Å². The highest BCUT2D eigenvalue weighted by molar-refractivity contribution is 6.34. The second-order valence-corrected chi connectivity index (χ2v) is 4.82. The first-order valence-corrected chi connectivity index (χ1v) is 6.78. The zero-order valence-corrected chi connectivity index (χ0v) is 12.0. The average molecular weight is 269 g/mol. The summed E-state index contributed by atoms with van der Waals surface area (Å²) in [6.45, 7) is 5.81. The van der Waals surface area contributed by atoms with Gasteiger partial charge in [-0.25, -0.2) is 0 Å². The van der Waals surface area contributed by atoms with Gasteiger partial charge in [0.25, 0.3) is 0 Å². The van der Waals surface area contributed by atoms with Gasteiger partial charge < -0.3 is 10.6 Å². The summed E-state index contributed by atoms with van der Waals surface area (Å²) in [5.74, 6) is -0.116. The Morgan fingerprint density at radius 1 is 1.39 bits per heavy atom. The second kappa shape index (κ2) is 7.27. The summed E-state index contributed by atoms with van der Waals surface area (Å²) in [6.07, 6.45) is 3.38. The molecule has 1 unspecified atom stereocenters. The molecule has 0 saturated carbocycles. The average Bonchev–Trinajstić information content (AvgIpc) is 2.31. The van der Waals surface area contributed by atoms with Crippen LogP contribution >= 0.6 is 11.6 Å². The van der Waals surface area contributed by atoms with E-state index in [1.807, 2.05) is 18.2 Å². The normalized spacial score (nSPS) is 12.0. The summed E-state index contributed by atoms with van der Waals surface area (Å²) in [7, 11) is 0. The van der Waals surface area contributed by atoms with Crippen LogP contribution in [0.2, 0.25) is 5.02 Å². The highest BCUT2D eigenvalue weighted by atomic mass is 35.5. The lowest BCUT2D eigenvalue weighted by Crippen LogP contribution is -2.18. The van der Waals surface area contributed by atoms with E-state index in [9.17, 15) is 4.79 Å². The van der Waals surface area contributed by atoms with Gasteiger partial charge in [-0.1, -0.05) is 31.9 Å².